The predicted molar refractivity (Wildman–Crippen MR) is 107 cm³/mol. The van der Waals surface area contributed by atoms with Crippen molar-refractivity contribution in [3.8, 4) is 0 Å². The van der Waals surface area contributed by atoms with Crippen LogP contribution in [0, 0.1) is 0 Å². The molecule has 0 unspecified atom stereocenters. The van der Waals surface area contributed by atoms with Gasteiger partial charge < -0.3 is 15.1 Å². The lowest BCUT2D eigenvalue weighted by atomic mass is 10.1. The molecule has 2 amide bonds. The van der Waals surface area contributed by atoms with E-state index in [0.29, 0.717) is 35.8 Å². The molecule has 0 atom stereocenters. The van der Waals surface area contributed by atoms with Crippen LogP contribution in [-0.4, -0.2) is 61.4 Å². The van der Waals surface area contributed by atoms with Crippen molar-refractivity contribution in [2.45, 2.75) is 6.42 Å². The van der Waals surface area contributed by atoms with E-state index in [4.69, 9.17) is 11.6 Å². The highest BCUT2D eigenvalue weighted by Crippen LogP contribution is 2.12. The number of benzene rings is 2. The molecule has 1 aliphatic heterocycles. The van der Waals surface area contributed by atoms with Crippen LogP contribution in [0.5, 0.6) is 0 Å². The van der Waals surface area contributed by atoms with Gasteiger partial charge in [0.05, 0.1) is 0 Å². The fourth-order valence-corrected chi connectivity index (χ4v) is 3.19. The molecule has 3 rings (SSSR count). The number of nitrogens with zero attached hydrogens (tertiary/aromatic N) is 2. The zero-order valence-electron chi connectivity index (χ0n) is 15.5. The standard InChI is InChI=1S/C21H24ClN3O2/c1-24-11-13-25(14-12-24)21(27)18-4-2-3-17(15-18)20(26)23-10-9-16-5-7-19(22)8-6-16/h2-8,15H,9-14H2,1H3,(H,23,26). The first kappa shape index (κ1) is 19.4. The molecule has 0 spiro atoms. The Balaban J connectivity index is 1.56. The number of halogens is 1. The molecular formula is C21H24ClN3O2. The molecule has 27 heavy (non-hydrogen) atoms. The maximum Gasteiger partial charge on any atom is 0.253 e. The van der Waals surface area contributed by atoms with Crippen molar-refractivity contribution in [2.75, 3.05) is 39.8 Å². The molecule has 1 fully saturated rings. The number of hydrogen-bond donors (Lipinski definition) is 1. The molecule has 2 aromatic carbocycles. The Hall–Kier alpha value is -2.37. The smallest absolute Gasteiger partial charge is 0.253 e. The van der Waals surface area contributed by atoms with Crippen LogP contribution in [0.2, 0.25) is 5.02 Å². The minimum atomic E-state index is -0.169. The predicted octanol–water partition coefficient (Wildman–Crippen LogP) is 2.70. The van der Waals surface area contributed by atoms with Gasteiger partial charge in [-0.3, -0.25) is 9.59 Å². The van der Waals surface area contributed by atoms with Crippen molar-refractivity contribution in [2.24, 2.45) is 0 Å². The average Bonchev–Trinajstić information content (AvgIpc) is 2.69. The first-order valence-corrected chi connectivity index (χ1v) is 9.51. The average molecular weight is 386 g/mol. The molecule has 1 N–H and O–H groups in total. The number of hydrogen-bond acceptors (Lipinski definition) is 3. The van der Waals surface area contributed by atoms with Crippen LogP contribution >= 0.6 is 11.6 Å². The molecule has 142 valence electrons. The summed E-state index contributed by atoms with van der Waals surface area (Å²) < 4.78 is 0. The largest absolute Gasteiger partial charge is 0.352 e. The highest BCUT2D eigenvalue weighted by molar-refractivity contribution is 6.30. The van der Waals surface area contributed by atoms with Crippen LogP contribution in [0.1, 0.15) is 26.3 Å². The third-order valence-electron chi connectivity index (χ3n) is 4.77. The van der Waals surface area contributed by atoms with Crippen molar-refractivity contribution in [3.05, 3.63) is 70.2 Å². The lowest BCUT2D eigenvalue weighted by Crippen LogP contribution is -2.47. The first-order chi connectivity index (χ1) is 13.0. The van der Waals surface area contributed by atoms with Crippen molar-refractivity contribution >= 4 is 23.4 Å². The van der Waals surface area contributed by atoms with Crippen molar-refractivity contribution < 1.29 is 9.59 Å². The molecule has 5 nitrogen and oxygen atoms in total. The van der Waals surface area contributed by atoms with Crippen LogP contribution in [-0.2, 0) is 6.42 Å². The third kappa shape index (κ3) is 5.31. The minimum Gasteiger partial charge on any atom is -0.352 e. The zero-order chi connectivity index (χ0) is 19.2. The second-order valence-corrected chi connectivity index (χ2v) is 7.25. The second-order valence-electron chi connectivity index (χ2n) is 6.81. The van der Waals surface area contributed by atoms with E-state index in [9.17, 15) is 9.59 Å². The van der Waals surface area contributed by atoms with Gasteiger partial charge in [0.2, 0.25) is 0 Å². The van der Waals surface area contributed by atoms with Crippen LogP contribution in [0.25, 0.3) is 0 Å². The topological polar surface area (TPSA) is 52.7 Å². The van der Waals surface area contributed by atoms with E-state index < -0.39 is 0 Å². The molecule has 6 heteroatoms. The van der Waals surface area contributed by atoms with Crippen LogP contribution in [0.3, 0.4) is 0 Å². The fourth-order valence-electron chi connectivity index (χ4n) is 3.06. The number of likely N-dealkylation sites (N-methyl/N-ethyl adjacent to an activating group) is 1. The van der Waals surface area contributed by atoms with Crippen LogP contribution in [0.4, 0.5) is 0 Å². The summed E-state index contributed by atoms with van der Waals surface area (Å²) in [6.45, 7) is 3.70. The summed E-state index contributed by atoms with van der Waals surface area (Å²) in [6.07, 6.45) is 0.725. The molecule has 1 aliphatic rings. The van der Waals surface area contributed by atoms with E-state index in [2.05, 4.69) is 17.3 Å². The van der Waals surface area contributed by atoms with Gasteiger partial charge in [-0.1, -0.05) is 29.8 Å². The summed E-state index contributed by atoms with van der Waals surface area (Å²) >= 11 is 5.88. The Kier molecular flexibility index (Phi) is 6.48. The summed E-state index contributed by atoms with van der Waals surface area (Å²) in [4.78, 5) is 29.1. The minimum absolute atomic E-state index is 0.0149. The van der Waals surface area contributed by atoms with Crippen molar-refractivity contribution in [1.82, 2.24) is 15.1 Å². The maximum atomic E-state index is 12.7. The van der Waals surface area contributed by atoms with Gasteiger partial charge in [0, 0.05) is 48.9 Å². The highest BCUT2D eigenvalue weighted by Gasteiger charge is 2.21. The van der Waals surface area contributed by atoms with Gasteiger partial charge in [0.1, 0.15) is 0 Å². The molecule has 2 aromatic rings. The van der Waals surface area contributed by atoms with E-state index in [1.165, 1.54) is 0 Å². The molecule has 0 aromatic heterocycles. The summed E-state index contributed by atoms with van der Waals surface area (Å²) in [6, 6.07) is 14.5. The van der Waals surface area contributed by atoms with Crippen molar-refractivity contribution in [3.63, 3.8) is 0 Å². The van der Waals surface area contributed by atoms with E-state index in [0.717, 1.165) is 25.1 Å². The van der Waals surface area contributed by atoms with Gasteiger partial charge in [-0.2, -0.15) is 0 Å². The van der Waals surface area contributed by atoms with Gasteiger partial charge in [-0.25, -0.2) is 0 Å². The van der Waals surface area contributed by atoms with Gasteiger partial charge in [-0.05, 0) is 49.4 Å². The summed E-state index contributed by atoms with van der Waals surface area (Å²) in [5, 5.41) is 3.61. The van der Waals surface area contributed by atoms with Gasteiger partial charge in [0.25, 0.3) is 11.8 Å². The van der Waals surface area contributed by atoms with Gasteiger partial charge >= 0.3 is 0 Å². The number of rotatable bonds is 5. The van der Waals surface area contributed by atoms with E-state index >= 15 is 0 Å². The van der Waals surface area contributed by atoms with Crippen molar-refractivity contribution in [1.29, 1.82) is 0 Å². The first-order valence-electron chi connectivity index (χ1n) is 9.13. The Morgan fingerprint density at radius 1 is 1.00 bits per heavy atom. The monoisotopic (exact) mass is 385 g/mol. The molecule has 0 saturated carbocycles. The Bertz CT molecular complexity index is 799. The Morgan fingerprint density at radius 2 is 1.67 bits per heavy atom. The second kappa shape index (κ2) is 9.02. The van der Waals surface area contributed by atoms with Gasteiger partial charge in [0.15, 0.2) is 0 Å². The molecule has 0 bridgehead atoms. The van der Waals surface area contributed by atoms with E-state index in [-0.39, 0.29) is 11.8 Å². The highest BCUT2D eigenvalue weighted by atomic mass is 35.5. The van der Waals surface area contributed by atoms with Crippen LogP contribution < -0.4 is 5.32 Å². The molecular weight excluding hydrogens is 362 g/mol. The van der Waals surface area contributed by atoms with Gasteiger partial charge in [-0.15, -0.1) is 0 Å². The number of carbonyl (C=O) groups excluding carboxylic acids is 2. The molecule has 1 saturated heterocycles. The third-order valence-corrected chi connectivity index (χ3v) is 5.03. The lowest BCUT2D eigenvalue weighted by Gasteiger charge is -2.32. The number of amides is 2. The number of nitrogens with one attached hydrogen (secondary N) is 1. The summed E-state index contributed by atoms with van der Waals surface area (Å²) in [7, 11) is 2.05. The lowest BCUT2D eigenvalue weighted by molar-refractivity contribution is 0.0664. The van der Waals surface area contributed by atoms with E-state index in [1.807, 2.05) is 29.2 Å². The fraction of sp³-hybridized carbons (Fsp3) is 0.333. The zero-order valence-corrected chi connectivity index (χ0v) is 16.2. The normalized spacial score (nSPS) is 14.8. The molecule has 1 heterocycles. The van der Waals surface area contributed by atoms with Crippen LogP contribution in [0.15, 0.2) is 48.5 Å². The number of carbonyl (C=O) groups is 2. The summed E-state index contributed by atoms with van der Waals surface area (Å²) in [5.74, 6) is -0.184. The van der Waals surface area contributed by atoms with E-state index in [1.54, 1.807) is 24.3 Å². The SMILES string of the molecule is CN1CCN(C(=O)c2cccc(C(=O)NCCc3ccc(Cl)cc3)c2)CC1. The summed E-state index contributed by atoms with van der Waals surface area (Å²) in [5.41, 5.74) is 2.18. The molecule has 0 radical (unpaired) electrons. The maximum absolute atomic E-state index is 12.7. The Labute approximate surface area is 164 Å². The quantitative estimate of drug-likeness (QED) is 0.861. The molecule has 0 aliphatic carbocycles. The number of piperazine rings is 1. The Morgan fingerprint density at radius 3 is 2.37 bits per heavy atom.